The second kappa shape index (κ2) is 5.57. The van der Waals surface area contributed by atoms with Crippen LogP contribution in [0.15, 0.2) is 41.3 Å². The molecule has 0 fully saturated rings. The van der Waals surface area contributed by atoms with Crippen molar-refractivity contribution in [3.63, 3.8) is 0 Å². The van der Waals surface area contributed by atoms with Gasteiger partial charge in [-0.3, -0.25) is 4.79 Å². The highest BCUT2D eigenvalue weighted by atomic mass is 32.2. The van der Waals surface area contributed by atoms with E-state index < -0.39 is 0 Å². The molecular weight excluding hydrogens is 278 g/mol. The van der Waals surface area contributed by atoms with Gasteiger partial charge in [-0.05, 0) is 50.5 Å². The summed E-state index contributed by atoms with van der Waals surface area (Å²) >= 11 is 1.67. The molecule has 108 valence electrons. The lowest BCUT2D eigenvalue weighted by Crippen LogP contribution is -2.25. The average molecular weight is 297 g/mol. The van der Waals surface area contributed by atoms with Crippen molar-refractivity contribution in [2.75, 3.05) is 5.32 Å². The summed E-state index contributed by atoms with van der Waals surface area (Å²) in [4.78, 5) is 13.7. The second-order valence-corrected chi connectivity index (χ2v) is 6.97. The summed E-state index contributed by atoms with van der Waals surface area (Å²) in [5.74, 6) is 0.0980. The normalized spacial score (nSPS) is 16.6. The molecule has 0 bridgehead atoms. The van der Waals surface area contributed by atoms with E-state index in [1.807, 2.05) is 19.1 Å². The largest absolute Gasteiger partial charge is 0.325 e. The first-order valence-corrected chi connectivity index (χ1v) is 8.05. The van der Waals surface area contributed by atoms with Crippen LogP contribution in [0.2, 0.25) is 0 Å². The molecule has 0 aliphatic carbocycles. The van der Waals surface area contributed by atoms with Crippen molar-refractivity contribution in [1.82, 2.24) is 0 Å². The number of nitrogens with one attached hydrogen (secondary N) is 1. The van der Waals surface area contributed by atoms with Crippen LogP contribution in [0, 0.1) is 20.8 Å². The van der Waals surface area contributed by atoms with Crippen LogP contribution in [0.25, 0.3) is 0 Å². The number of amides is 1. The Morgan fingerprint density at radius 2 is 1.81 bits per heavy atom. The number of anilines is 1. The average Bonchev–Trinajstić information content (AvgIpc) is 2.85. The third-order valence-electron chi connectivity index (χ3n) is 3.83. The molecule has 0 saturated heterocycles. The Morgan fingerprint density at radius 1 is 1.10 bits per heavy atom. The van der Waals surface area contributed by atoms with Crippen LogP contribution < -0.4 is 5.32 Å². The number of fused-ring (bicyclic) bond motifs is 1. The van der Waals surface area contributed by atoms with Gasteiger partial charge in [0.05, 0.1) is 5.25 Å². The predicted octanol–water partition coefficient (Wildman–Crippen LogP) is 4.27. The Morgan fingerprint density at radius 3 is 2.57 bits per heavy atom. The third-order valence-corrected chi connectivity index (χ3v) is 5.13. The number of benzene rings is 2. The SMILES string of the molecule is Cc1ccc(NC(=O)[C@@H]2Cc3ccc(C)cc3S2)c(C)c1. The molecule has 1 N–H and O–H groups in total. The summed E-state index contributed by atoms with van der Waals surface area (Å²) in [6.07, 6.45) is 0.816. The molecule has 1 aliphatic heterocycles. The Kier molecular flexibility index (Phi) is 3.77. The van der Waals surface area contributed by atoms with E-state index in [1.54, 1.807) is 11.8 Å². The third kappa shape index (κ3) is 2.98. The lowest BCUT2D eigenvalue weighted by atomic mass is 10.1. The van der Waals surface area contributed by atoms with Gasteiger partial charge >= 0.3 is 0 Å². The zero-order chi connectivity index (χ0) is 15.0. The minimum atomic E-state index is -0.0255. The number of carbonyl (C=O) groups excluding carboxylic acids is 1. The summed E-state index contributed by atoms with van der Waals surface area (Å²) in [6, 6.07) is 12.5. The monoisotopic (exact) mass is 297 g/mol. The van der Waals surface area contributed by atoms with Crippen LogP contribution in [0.4, 0.5) is 5.69 Å². The van der Waals surface area contributed by atoms with E-state index in [9.17, 15) is 4.79 Å². The Bertz CT molecular complexity index is 708. The summed E-state index contributed by atoms with van der Waals surface area (Å²) in [6.45, 7) is 6.18. The van der Waals surface area contributed by atoms with Crippen molar-refractivity contribution in [2.24, 2.45) is 0 Å². The van der Waals surface area contributed by atoms with Gasteiger partial charge in [0.25, 0.3) is 0 Å². The van der Waals surface area contributed by atoms with Gasteiger partial charge in [-0.2, -0.15) is 0 Å². The summed E-state index contributed by atoms with van der Waals surface area (Å²) < 4.78 is 0. The lowest BCUT2D eigenvalue weighted by molar-refractivity contribution is -0.115. The summed E-state index contributed by atoms with van der Waals surface area (Å²) in [7, 11) is 0. The maximum absolute atomic E-state index is 12.5. The summed E-state index contributed by atoms with van der Waals surface area (Å²) in [5.41, 5.74) is 5.77. The van der Waals surface area contributed by atoms with Crippen molar-refractivity contribution in [2.45, 2.75) is 37.3 Å². The number of hydrogen-bond acceptors (Lipinski definition) is 2. The van der Waals surface area contributed by atoms with Crippen molar-refractivity contribution in [1.29, 1.82) is 0 Å². The fourth-order valence-electron chi connectivity index (χ4n) is 2.65. The van der Waals surface area contributed by atoms with E-state index in [0.29, 0.717) is 0 Å². The minimum absolute atomic E-state index is 0.0255. The highest BCUT2D eigenvalue weighted by Gasteiger charge is 2.28. The van der Waals surface area contributed by atoms with Gasteiger partial charge in [-0.15, -0.1) is 11.8 Å². The number of hydrogen-bond donors (Lipinski definition) is 1. The molecule has 21 heavy (non-hydrogen) atoms. The van der Waals surface area contributed by atoms with Crippen LogP contribution >= 0.6 is 11.8 Å². The first-order valence-electron chi connectivity index (χ1n) is 7.17. The standard InChI is InChI=1S/C18H19NOS/c1-11-5-7-15(13(3)8-11)19-18(20)17-10-14-6-4-12(2)9-16(14)21-17/h4-9,17H,10H2,1-3H3,(H,19,20)/t17-/m0/s1. The van der Waals surface area contributed by atoms with Gasteiger partial charge in [0.1, 0.15) is 0 Å². The highest BCUT2D eigenvalue weighted by molar-refractivity contribution is 8.01. The lowest BCUT2D eigenvalue weighted by Gasteiger charge is -2.12. The van der Waals surface area contributed by atoms with Crippen molar-refractivity contribution >= 4 is 23.4 Å². The van der Waals surface area contributed by atoms with Crippen molar-refractivity contribution < 1.29 is 4.79 Å². The minimum Gasteiger partial charge on any atom is -0.325 e. The maximum atomic E-state index is 12.5. The smallest absolute Gasteiger partial charge is 0.238 e. The molecule has 2 nitrogen and oxygen atoms in total. The molecule has 1 atom stereocenters. The van der Waals surface area contributed by atoms with E-state index in [0.717, 1.165) is 17.7 Å². The Hall–Kier alpha value is -1.74. The quantitative estimate of drug-likeness (QED) is 0.897. The molecule has 0 radical (unpaired) electrons. The van der Waals surface area contributed by atoms with Gasteiger partial charge < -0.3 is 5.32 Å². The maximum Gasteiger partial charge on any atom is 0.238 e. The molecule has 0 saturated carbocycles. The topological polar surface area (TPSA) is 29.1 Å². The van der Waals surface area contributed by atoms with Gasteiger partial charge in [0.15, 0.2) is 0 Å². The van der Waals surface area contributed by atoms with Gasteiger partial charge in [0.2, 0.25) is 5.91 Å². The Labute approximate surface area is 130 Å². The molecule has 1 amide bonds. The van der Waals surface area contributed by atoms with Crippen LogP contribution in [0.1, 0.15) is 22.3 Å². The van der Waals surface area contributed by atoms with Crippen LogP contribution in [0.5, 0.6) is 0 Å². The molecule has 1 aliphatic rings. The zero-order valence-electron chi connectivity index (χ0n) is 12.6. The first kappa shape index (κ1) is 14.2. The van der Waals surface area contributed by atoms with E-state index in [4.69, 9.17) is 0 Å². The van der Waals surface area contributed by atoms with E-state index in [-0.39, 0.29) is 11.2 Å². The fraction of sp³-hybridized carbons (Fsp3) is 0.278. The zero-order valence-corrected chi connectivity index (χ0v) is 13.4. The fourth-order valence-corrected chi connectivity index (χ4v) is 3.94. The molecule has 3 heteroatoms. The van der Waals surface area contributed by atoms with E-state index in [1.165, 1.54) is 21.6 Å². The number of aryl methyl sites for hydroxylation is 3. The molecule has 2 aromatic rings. The van der Waals surface area contributed by atoms with Crippen LogP contribution in [-0.4, -0.2) is 11.2 Å². The highest BCUT2D eigenvalue weighted by Crippen LogP contribution is 2.38. The van der Waals surface area contributed by atoms with Crippen molar-refractivity contribution in [3.05, 3.63) is 58.7 Å². The van der Waals surface area contributed by atoms with Crippen LogP contribution in [0.3, 0.4) is 0 Å². The second-order valence-electron chi connectivity index (χ2n) is 5.73. The molecular formula is C18H19NOS. The van der Waals surface area contributed by atoms with Gasteiger partial charge in [-0.25, -0.2) is 0 Å². The molecule has 2 aromatic carbocycles. The van der Waals surface area contributed by atoms with E-state index in [2.05, 4.69) is 43.4 Å². The van der Waals surface area contributed by atoms with Crippen LogP contribution in [-0.2, 0) is 11.2 Å². The molecule has 0 aromatic heterocycles. The van der Waals surface area contributed by atoms with E-state index >= 15 is 0 Å². The first-order chi connectivity index (χ1) is 10.0. The van der Waals surface area contributed by atoms with Gasteiger partial charge in [0, 0.05) is 10.6 Å². The number of rotatable bonds is 2. The van der Waals surface area contributed by atoms with Crippen molar-refractivity contribution in [3.8, 4) is 0 Å². The number of carbonyl (C=O) groups is 1. The molecule has 0 unspecified atom stereocenters. The van der Waals surface area contributed by atoms with Gasteiger partial charge in [-0.1, -0.05) is 35.4 Å². The Balaban J connectivity index is 1.73. The summed E-state index contributed by atoms with van der Waals surface area (Å²) in [5, 5.41) is 3.04. The number of thioether (sulfide) groups is 1. The molecule has 0 spiro atoms. The predicted molar refractivity (Wildman–Crippen MR) is 89.1 cm³/mol. The molecule has 1 heterocycles. The molecule has 3 rings (SSSR count).